The Morgan fingerprint density at radius 1 is 1.00 bits per heavy atom. The summed E-state index contributed by atoms with van der Waals surface area (Å²) in [6.07, 6.45) is -0.114. The van der Waals surface area contributed by atoms with Gasteiger partial charge in [-0.2, -0.15) is 0 Å². The molecule has 0 aliphatic heterocycles. The van der Waals surface area contributed by atoms with Gasteiger partial charge in [0.25, 0.3) is 0 Å². The van der Waals surface area contributed by atoms with Crippen LogP contribution in [0.25, 0.3) is 0 Å². The molecule has 3 nitrogen and oxygen atoms in total. The molecule has 0 bridgehead atoms. The van der Waals surface area contributed by atoms with E-state index in [1.165, 1.54) is 0 Å². The molecular weight excluding hydrogens is 351 g/mol. The first-order valence-corrected chi connectivity index (χ1v) is 14.8. The Labute approximate surface area is 143 Å². The number of carbonyl (C=O) groups is 1. The van der Waals surface area contributed by atoms with Crippen LogP contribution in [-0.4, -0.2) is 37.8 Å². The molecule has 136 valence electrons. The number of hydrogen-bond acceptors (Lipinski definition) is 2. The van der Waals surface area contributed by atoms with Gasteiger partial charge in [0.1, 0.15) is 22.3 Å². The highest BCUT2D eigenvalue weighted by Crippen LogP contribution is 2.28. The number of halogens is 3. The van der Waals surface area contributed by atoms with Crippen LogP contribution in [0.15, 0.2) is 12.1 Å². The van der Waals surface area contributed by atoms with Crippen molar-refractivity contribution in [2.75, 3.05) is 0 Å². The fourth-order valence-corrected chi connectivity index (χ4v) is 14.1. The van der Waals surface area contributed by atoms with Gasteiger partial charge in [0.05, 0.1) is 6.42 Å². The van der Waals surface area contributed by atoms with Gasteiger partial charge in [0.2, 0.25) is 0 Å². The lowest BCUT2D eigenvalue weighted by Crippen LogP contribution is -2.64. The van der Waals surface area contributed by atoms with E-state index in [0.717, 1.165) is 6.07 Å². The summed E-state index contributed by atoms with van der Waals surface area (Å²) in [6.45, 7) is 12.7. The normalized spacial score (nSPS) is 14.1. The summed E-state index contributed by atoms with van der Waals surface area (Å²) in [7, 11) is -3.81. The van der Waals surface area contributed by atoms with Crippen LogP contribution in [0.5, 0.6) is 0 Å². The molecule has 1 atom stereocenters. The number of hydrogen-bond donors (Lipinski definition) is 1. The van der Waals surface area contributed by atoms with Gasteiger partial charge in [-0.25, -0.2) is 13.2 Å². The molecule has 24 heavy (non-hydrogen) atoms. The zero-order chi connectivity index (χ0) is 18.9. The third-order valence-corrected chi connectivity index (χ3v) is 11.4. The van der Waals surface area contributed by atoms with Gasteiger partial charge in [0.15, 0.2) is 11.6 Å². The van der Waals surface area contributed by atoms with Crippen molar-refractivity contribution in [2.24, 2.45) is 0 Å². The summed E-state index contributed by atoms with van der Waals surface area (Å²) in [4.78, 5) is 11.3. The summed E-state index contributed by atoms with van der Waals surface area (Å²) < 4.78 is 42.9. The molecule has 0 radical (unpaired) electrons. The van der Waals surface area contributed by atoms with E-state index in [-0.39, 0.29) is 18.4 Å². The third kappa shape index (κ3) is 5.46. The number of rotatable bonds is 7. The highest BCUT2D eigenvalue weighted by Gasteiger charge is 2.40. The lowest BCUT2D eigenvalue weighted by Gasteiger charge is -2.48. The van der Waals surface area contributed by atoms with Gasteiger partial charge in [-0.15, -0.1) is 0 Å². The minimum atomic E-state index is -1.91. The van der Waals surface area contributed by atoms with Crippen LogP contribution in [-0.2, 0) is 11.2 Å². The second-order valence-electron chi connectivity index (χ2n) is 8.03. The van der Waals surface area contributed by atoms with Crippen molar-refractivity contribution in [3.8, 4) is 0 Å². The molecule has 0 amide bonds. The average Bonchev–Trinajstić information content (AvgIpc) is 2.31. The molecule has 0 spiro atoms. The van der Waals surface area contributed by atoms with E-state index >= 15 is 0 Å². The fourth-order valence-electron chi connectivity index (χ4n) is 3.53. The van der Waals surface area contributed by atoms with Crippen molar-refractivity contribution < 1.29 is 23.1 Å². The van der Waals surface area contributed by atoms with Crippen LogP contribution in [0.4, 0.5) is 13.2 Å². The lowest BCUT2D eigenvalue weighted by molar-refractivity contribution is -0.137. The fraction of sp³-hybridized carbons (Fsp3) is 0.562. The standard InChI is InChI=1S/C16H26F3NO2Si2/c1-23(2,3)20(24(4,5)6)12(9-16(21)22)7-11-8-14(18)15(19)10-13(11)17/h8,10,12H,7,9H2,1-6H3,(H,21,22). The van der Waals surface area contributed by atoms with E-state index < -0.39 is 45.9 Å². The van der Waals surface area contributed by atoms with Gasteiger partial charge < -0.3 is 9.34 Å². The largest absolute Gasteiger partial charge is 0.481 e. The topological polar surface area (TPSA) is 40.5 Å². The van der Waals surface area contributed by atoms with E-state index in [4.69, 9.17) is 0 Å². The maximum absolute atomic E-state index is 14.0. The van der Waals surface area contributed by atoms with E-state index in [2.05, 4.69) is 43.5 Å². The molecule has 1 N–H and O–H groups in total. The SMILES string of the molecule is C[Si](C)(C)N(C(CC(=O)O)Cc1cc(F)c(F)cc1F)[Si](C)(C)C. The average molecular weight is 378 g/mol. The summed E-state index contributed by atoms with van der Waals surface area (Å²) in [5.41, 5.74) is 0.0154. The molecule has 0 aromatic heterocycles. The summed E-state index contributed by atoms with van der Waals surface area (Å²) in [6, 6.07) is 0.919. The van der Waals surface area contributed by atoms with Gasteiger partial charge in [-0.3, -0.25) is 4.79 Å². The van der Waals surface area contributed by atoms with E-state index in [0.29, 0.717) is 6.07 Å². The number of nitrogens with zero attached hydrogens (tertiary/aromatic N) is 1. The van der Waals surface area contributed by atoms with Crippen LogP contribution >= 0.6 is 0 Å². The Balaban J connectivity index is 3.31. The second kappa shape index (κ2) is 7.41. The first-order valence-electron chi connectivity index (χ1n) is 7.88. The summed E-state index contributed by atoms with van der Waals surface area (Å²) >= 11 is 0. The Bertz CT molecular complexity index is 599. The Hall–Kier alpha value is -1.13. The molecule has 0 fully saturated rings. The van der Waals surface area contributed by atoms with Crippen LogP contribution < -0.4 is 0 Å². The van der Waals surface area contributed by atoms with Gasteiger partial charge in [0, 0.05) is 12.1 Å². The molecule has 0 saturated carbocycles. The first-order chi connectivity index (χ1) is 10.7. The molecule has 0 saturated heterocycles. The van der Waals surface area contributed by atoms with Crippen molar-refractivity contribution in [3.63, 3.8) is 0 Å². The minimum Gasteiger partial charge on any atom is -0.481 e. The number of carboxylic acid groups (broad SMARTS) is 1. The predicted octanol–water partition coefficient (Wildman–Crippen LogP) is 4.46. The molecule has 8 heteroatoms. The van der Waals surface area contributed by atoms with Gasteiger partial charge in [-0.05, 0) is 18.1 Å². The molecule has 0 aliphatic rings. The van der Waals surface area contributed by atoms with Crippen LogP contribution in [0, 0.1) is 17.5 Å². The molecule has 0 aliphatic carbocycles. The molecule has 1 aromatic carbocycles. The monoisotopic (exact) mass is 377 g/mol. The maximum atomic E-state index is 14.0. The number of carboxylic acids is 1. The quantitative estimate of drug-likeness (QED) is 0.563. The van der Waals surface area contributed by atoms with E-state index in [9.17, 15) is 23.1 Å². The summed E-state index contributed by atoms with van der Waals surface area (Å²) in [5.74, 6) is -4.17. The third-order valence-electron chi connectivity index (χ3n) is 3.77. The van der Waals surface area contributed by atoms with Crippen LogP contribution in [0.2, 0.25) is 39.3 Å². The number of aliphatic carboxylic acids is 1. The smallest absolute Gasteiger partial charge is 0.304 e. The Morgan fingerprint density at radius 3 is 1.88 bits per heavy atom. The predicted molar refractivity (Wildman–Crippen MR) is 94.6 cm³/mol. The molecule has 0 heterocycles. The zero-order valence-electron chi connectivity index (χ0n) is 15.1. The molecule has 1 unspecified atom stereocenters. The number of benzene rings is 1. The van der Waals surface area contributed by atoms with Crippen LogP contribution in [0.3, 0.4) is 0 Å². The molecule has 1 rings (SSSR count). The minimum absolute atomic E-state index is 0.0154. The van der Waals surface area contributed by atoms with E-state index in [1.807, 2.05) is 0 Å². The zero-order valence-corrected chi connectivity index (χ0v) is 17.1. The van der Waals surface area contributed by atoms with Crippen molar-refractivity contribution >= 4 is 22.4 Å². The van der Waals surface area contributed by atoms with Crippen molar-refractivity contribution in [1.29, 1.82) is 0 Å². The first kappa shape index (κ1) is 20.9. The molecular formula is C16H26F3NO2Si2. The lowest BCUT2D eigenvalue weighted by atomic mass is 10.0. The maximum Gasteiger partial charge on any atom is 0.304 e. The Morgan fingerprint density at radius 2 is 1.46 bits per heavy atom. The second-order valence-corrected chi connectivity index (χ2v) is 18.1. The van der Waals surface area contributed by atoms with E-state index in [1.54, 1.807) is 0 Å². The van der Waals surface area contributed by atoms with Crippen LogP contribution in [0.1, 0.15) is 12.0 Å². The van der Waals surface area contributed by atoms with Crippen molar-refractivity contribution in [1.82, 2.24) is 4.23 Å². The highest BCUT2D eigenvalue weighted by atomic mass is 28.4. The highest BCUT2D eigenvalue weighted by molar-refractivity contribution is 6.89. The van der Waals surface area contributed by atoms with Crippen molar-refractivity contribution in [3.05, 3.63) is 35.1 Å². The van der Waals surface area contributed by atoms with Gasteiger partial charge in [-0.1, -0.05) is 39.3 Å². The van der Waals surface area contributed by atoms with Gasteiger partial charge >= 0.3 is 5.97 Å². The van der Waals surface area contributed by atoms with Crippen molar-refractivity contribution in [2.45, 2.75) is 58.2 Å². The Kier molecular flexibility index (Phi) is 6.45. The molecule has 1 aromatic rings. The summed E-state index contributed by atoms with van der Waals surface area (Å²) in [5, 5.41) is 9.29.